The fourth-order valence-electron chi connectivity index (χ4n) is 3.41. The number of aromatic hydroxyl groups is 1. The lowest BCUT2D eigenvalue weighted by molar-refractivity contribution is -0.145. The quantitative estimate of drug-likeness (QED) is 0.785. The predicted molar refractivity (Wildman–Crippen MR) is 91.5 cm³/mol. The number of nitrogens with one attached hydrogen (secondary N) is 1. The maximum absolute atomic E-state index is 12.6. The Morgan fingerprint density at radius 3 is 2.62 bits per heavy atom. The van der Waals surface area contributed by atoms with Crippen LogP contribution in [0.4, 0.5) is 0 Å². The molecule has 1 fully saturated rings. The van der Waals surface area contributed by atoms with Gasteiger partial charge in [-0.2, -0.15) is 0 Å². The minimum atomic E-state index is -0.740. The summed E-state index contributed by atoms with van der Waals surface area (Å²) in [6.07, 6.45) is 6.03. The van der Waals surface area contributed by atoms with Crippen LogP contribution in [0.5, 0.6) is 5.75 Å². The minimum Gasteiger partial charge on any atom is -0.508 e. The van der Waals surface area contributed by atoms with Crippen LogP contribution in [0.1, 0.15) is 44.6 Å². The van der Waals surface area contributed by atoms with E-state index in [1.807, 2.05) is 13.0 Å². The zero-order valence-corrected chi connectivity index (χ0v) is 14.5. The van der Waals surface area contributed by atoms with Crippen molar-refractivity contribution in [2.75, 3.05) is 7.11 Å². The molecule has 1 saturated carbocycles. The Morgan fingerprint density at radius 2 is 2.00 bits per heavy atom. The van der Waals surface area contributed by atoms with E-state index in [1.54, 1.807) is 18.2 Å². The molecule has 0 spiro atoms. The van der Waals surface area contributed by atoms with Gasteiger partial charge in [-0.1, -0.05) is 38.3 Å². The Labute approximate surface area is 143 Å². The normalized spacial score (nSPS) is 17.8. The predicted octanol–water partition coefficient (Wildman–Crippen LogP) is 2.81. The Balaban J connectivity index is 2.02. The first-order valence-electron chi connectivity index (χ1n) is 8.67. The van der Waals surface area contributed by atoms with E-state index >= 15 is 0 Å². The first-order valence-corrected chi connectivity index (χ1v) is 8.67. The average Bonchev–Trinajstić information content (AvgIpc) is 2.60. The van der Waals surface area contributed by atoms with Gasteiger partial charge in [0.05, 0.1) is 7.11 Å². The van der Waals surface area contributed by atoms with Crippen molar-refractivity contribution in [3.8, 4) is 5.75 Å². The van der Waals surface area contributed by atoms with Gasteiger partial charge in [0, 0.05) is 12.3 Å². The molecule has 1 aromatic rings. The van der Waals surface area contributed by atoms with Gasteiger partial charge in [0.1, 0.15) is 11.8 Å². The second-order valence-corrected chi connectivity index (χ2v) is 6.65. The smallest absolute Gasteiger partial charge is 0.328 e. The minimum absolute atomic E-state index is 0.0996. The summed E-state index contributed by atoms with van der Waals surface area (Å²) in [5, 5.41) is 12.4. The maximum Gasteiger partial charge on any atom is 0.328 e. The Hall–Kier alpha value is -2.04. The molecule has 0 heterocycles. The number of amides is 1. The zero-order valence-electron chi connectivity index (χ0n) is 14.5. The van der Waals surface area contributed by atoms with E-state index in [9.17, 15) is 14.7 Å². The van der Waals surface area contributed by atoms with Gasteiger partial charge in [-0.25, -0.2) is 4.79 Å². The summed E-state index contributed by atoms with van der Waals surface area (Å²) >= 11 is 0. The molecular weight excluding hydrogens is 306 g/mol. The van der Waals surface area contributed by atoms with Crippen molar-refractivity contribution in [1.82, 2.24) is 5.32 Å². The third-order valence-electron chi connectivity index (χ3n) is 4.92. The van der Waals surface area contributed by atoms with Crippen molar-refractivity contribution in [2.24, 2.45) is 11.8 Å². The van der Waals surface area contributed by atoms with Crippen molar-refractivity contribution < 1.29 is 19.4 Å². The van der Waals surface area contributed by atoms with Crippen LogP contribution in [-0.4, -0.2) is 30.1 Å². The number of phenolic OH excluding ortho intramolecular Hbond substituents is 1. The second kappa shape index (κ2) is 8.71. The number of rotatable bonds is 6. The van der Waals surface area contributed by atoms with Gasteiger partial charge in [0.25, 0.3) is 0 Å². The molecule has 0 bridgehead atoms. The standard InChI is InChI=1S/C19H27NO4/c1-13(15-8-4-3-5-9-15)18(22)20-17(19(23)24-2)12-14-7-6-10-16(21)11-14/h6-7,10-11,13,15,17,21H,3-5,8-9,12H2,1-2H3,(H,20,22)/t13?,17-/m0/s1. The molecular formula is C19H27NO4. The maximum atomic E-state index is 12.6. The number of phenols is 1. The number of methoxy groups -OCH3 is 1. The highest BCUT2D eigenvalue weighted by atomic mass is 16.5. The molecule has 2 N–H and O–H groups in total. The van der Waals surface area contributed by atoms with Crippen molar-refractivity contribution in [2.45, 2.75) is 51.5 Å². The number of benzene rings is 1. The van der Waals surface area contributed by atoms with Crippen LogP contribution < -0.4 is 5.32 Å². The molecule has 0 aliphatic heterocycles. The number of hydrogen-bond donors (Lipinski definition) is 2. The summed E-state index contributed by atoms with van der Waals surface area (Å²) in [4.78, 5) is 24.6. The van der Waals surface area contributed by atoms with Gasteiger partial charge in [-0.15, -0.1) is 0 Å². The fraction of sp³-hybridized carbons (Fsp3) is 0.579. The van der Waals surface area contributed by atoms with Gasteiger partial charge in [-0.3, -0.25) is 4.79 Å². The molecule has 0 radical (unpaired) electrons. The average molecular weight is 333 g/mol. The van der Waals surface area contributed by atoms with E-state index in [4.69, 9.17) is 4.74 Å². The van der Waals surface area contributed by atoms with Gasteiger partial charge >= 0.3 is 5.97 Å². The highest BCUT2D eigenvalue weighted by Gasteiger charge is 2.29. The van der Waals surface area contributed by atoms with Gasteiger partial charge in [0.15, 0.2) is 0 Å². The van der Waals surface area contributed by atoms with Crippen molar-refractivity contribution in [3.63, 3.8) is 0 Å². The summed E-state index contributed by atoms with van der Waals surface area (Å²) in [5.41, 5.74) is 0.774. The molecule has 1 unspecified atom stereocenters. The highest BCUT2D eigenvalue weighted by Crippen LogP contribution is 2.30. The largest absolute Gasteiger partial charge is 0.508 e. The lowest BCUT2D eigenvalue weighted by atomic mass is 9.80. The SMILES string of the molecule is COC(=O)[C@H](Cc1cccc(O)c1)NC(=O)C(C)C1CCCCC1. The van der Waals surface area contributed by atoms with Crippen LogP contribution in [-0.2, 0) is 20.7 Å². The number of hydrogen-bond acceptors (Lipinski definition) is 4. The van der Waals surface area contributed by atoms with Crippen molar-refractivity contribution in [3.05, 3.63) is 29.8 Å². The van der Waals surface area contributed by atoms with E-state index in [-0.39, 0.29) is 17.6 Å². The third-order valence-corrected chi connectivity index (χ3v) is 4.92. The van der Waals surface area contributed by atoms with Crippen LogP contribution >= 0.6 is 0 Å². The van der Waals surface area contributed by atoms with Crippen molar-refractivity contribution >= 4 is 11.9 Å². The van der Waals surface area contributed by atoms with E-state index in [0.29, 0.717) is 12.3 Å². The molecule has 24 heavy (non-hydrogen) atoms. The zero-order chi connectivity index (χ0) is 17.5. The molecule has 1 aromatic carbocycles. The number of carbonyl (C=O) groups is 2. The lowest BCUT2D eigenvalue weighted by Gasteiger charge is -2.28. The molecule has 132 valence electrons. The van der Waals surface area contributed by atoms with Gasteiger partial charge in [0.2, 0.25) is 5.91 Å². The van der Waals surface area contributed by atoms with Gasteiger partial charge < -0.3 is 15.2 Å². The van der Waals surface area contributed by atoms with E-state index in [1.165, 1.54) is 26.4 Å². The van der Waals surface area contributed by atoms with Crippen LogP contribution in [0, 0.1) is 11.8 Å². The summed E-state index contributed by atoms with van der Waals surface area (Å²) in [5.74, 6) is -0.155. The molecule has 1 amide bonds. The molecule has 0 aromatic heterocycles. The molecule has 2 atom stereocenters. The van der Waals surface area contributed by atoms with E-state index < -0.39 is 12.0 Å². The first kappa shape index (κ1) is 18.3. The topological polar surface area (TPSA) is 75.6 Å². The monoisotopic (exact) mass is 333 g/mol. The van der Waals surface area contributed by atoms with Crippen LogP contribution in [0.25, 0.3) is 0 Å². The molecule has 5 nitrogen and oxygen atoms in total. The fourth-order valence-corrected chi connectivity index (χ4v) is 3.41. The van der Waals surface area contributed by atoms with Crippen molar-refractivity contribution in [1.29, 1.82) is 0 Å². The second-order valence-electron chi connectivity index (χ2n) is 6.65. The molecule has 0 saturated heterocycles. The molecule has 1 aliphatic rings. The summed E-state index contributed by atoms with van der Waals surface area (Å²) < 4.78 is 4.82. The highest BCUT2D eigenvalue weighted by molar-refractivity contribution is 5.85. The molecule has 1 aliphatic carbocycles. The number of ether oxygens (including phenoxy) is 1. The Morgan fingerprint density at radius 1 is 1.29 bits per heavy atom. The summed E-state index contributed by atoms with van der Waals surface area (Å²) in [7, 11) is 1.31. The molecule has 2 rings (SSSR count). The summed E-state index contributed by atoms with van der Waals surface area (Å²) in [6.45, 7) is 1.94. The summed E-state index contributed by atoms with van der Waals surface area (Å²) in [6, 6.07) is 5.94. The number of carbonyl (C=O) groups excluding carboxylic acids is 2. The van der Waals surface area contributed by atoms with Gasteiger partial charge in [-0.05, 0) is 36.5 Å². The molecule has 5 heteroatoms. The van der Waals surface area contributed by atoms with E-state index in [2.05, 4.69) is 5.32 Å². The first-order chi connectivity index (χ1) is 11.5. The Bertz CT molecular complexity index is 566. The van der Waals surface area contributed by atoms with E-state index in [0.717, 1.165) is 18.4 Å². The third kappa shape index (κ3) is 4.98. The number of esters is 1. The van der Waals surface area contributed by atoms with Crippen LogP contribution in [0.2, 0.25) is 0 Å². The Kier molecular flexibility index (Phi) is 6.64. The van der Waals surface area contributed by atoms with Crippen LogP contribution in [0.15, 0.2) is 24.3 Å². The van der Waals surface area contributed by atoms with Crippen LogP contribution in [0.3, 0.4) is 0 Å². The lowest BCUT2D eigenvalue weighted by Crippen LogP contribution is -2.46.